The molecule has 2 heterocycles. The molecule has 1 aromatic carbocycles. The second kappa shape index (κ2) is 11.7. The average molecular weight is 468 g/mol. The molecule has 0 aliphatic carbocycles. The first-order chi connectivity index (χ1) is 16.4. The molecule has 0 saturated carbocycles. The summed E-state index contributed by atoms with van der Waals surface area (Å²) in [6.07, 6.45) is 3.36. The number of carbonyl (C=O) groups is 2. The predicted molar refractivity (Wildman–Crippen MR) is 129 cm³/mol. The minimum absolute atomic E-state index is 0.0263. The fraction of sp³-hybridized carbons (Fsp3) is 0.333. The van der Waals surface area contributed by atoms with Crippen molar-refractivity contribution in [3.8, 4) is 0 Å². The molecule has 2 amide bonds. The fourth-order valence-electron chi connectivity index (χ4n) is 3.49. The third kappa shape index (κ3) is 6.03. The number of aromatic nitrogens is 2. The summed E-state index contributed by atoms with van der Waals surface area (Å²) in [6, 6.07) is 12.1. The van der Waals surface area contributed by atoms with Crippen molar-refractivity contribution in [1.82, 2.24) is 14.9 Å². The van der Waals surface area contributed by atoms with Crippen LogP contribution in [0.5, 0.6) is 0 Å². The van der Waals surface area contributed by atoms with Gasteiger partial charge >= 0.3 is 5.69 Å². The van der Waals surface area contributed by atoms with E-state index in [0.29, 0.717) is 30.7 Å². The molecule has 4 N–H and O–H groups in total. The summed E-state index contributed by atoms with van der Waals surface area (Å²) in [4.78, 5) is 53.8. The first kappa shape index (κ1) is 24.6. The molecule has 0 saturated heterocycles. The molecular formula is C24H29N5O5. The van der Waals surface area contributed by atoms with Crippen molar-refractivity contribution < 1.29 is 14.0 Å². The third-order valence-corrected chi connectivity index (χ3v) is 5.30. The van der Waals surface area contributed by atoms with Gasteiger partial charge in [0.05, 0.1) is 12.8 Å². The standard InChI is InChI=1S/C24H29N5O5/c1-2-3-14-28-21(25)20(23(32)27-24(28)33)29(16-18-11-8-15-34-18)19(30)12-7-13-26-22(31)17-9-5-4-6-10-17/h4-6,8-11,15H,2-3,7,12-14,16,25H2,1H3,(H,26,31)(H,27,32,33). The lowest BCUT2D eigenvalue weighted by molar-refractivity contribution is -0.118. The first-order valence-corrected chi connectivity index (χ1v) is 11.2. The molecule has 0 aliphatic heterocycles. The van der Waals surface area contributed by atoms with Crippen LogP contribution in [0.3, 0.4) is 0 Å². The van der Waals surface area contributed by atoms with Crippen LogP contribution in [-0.2, 0) is 17.9 Å². The lowest BCUT2D eigenvalue weighted by atomic mass is 10.2. The Hall–Kier alpha value is -4.08. The maximum Gasteiger partial charge on any atom is 0.330 e. The highest BCUT2D eigenvalue weighted by atomic mass is 16.3. The molecule has 0 aliphatic rings. The Bertz CT molecular complexity index is 1210. The molecule has 3 rings (SSSR count). The van der Waals surface area contributed by atoms with Crippen LogP contribution in [0.25, 0.3) is 0 Å². The highest BCUT2D eigenvalue weighted by molar-refractivity contribution is 5.96. The van der Waals surface area contributed by atoms with E-state index in [0.717, 1.165) is 6.42 Å². The quantitative estimate of drug-likeness (QED) is 0.369. The van der Waals surface area contributed by atoms with Crippen molar-refractivity contribution in [2.24, 2.45) is 0 Å². The van der Waals surface area contributed by atoms with Crippen LogP contribution >= 0.6 is 0 Å². The van der Waals surface area contributed by atoms with Crippen LogP contribution in [0, 0.1) is 0 Å². The molecule has 0 atom stereocenters. The Morgan fingerprint density at radius 3 is 2.56 bits per heavy atom. The van der Waals surface area contributed by atoms with Crippen molar-refractivity contribution in [2.75, 3.05) is 17.2 Å². The van der Waals surface area contributed by atoms with Crippen LogP contribution in [0.15, 0.2) is 62.7 Å². The van der Waals surface area contributed by atoms with E-state index in [1.807, 2.05) is 13.0 Å². The highest BCUT2D eigenvalue weighted by Gasteiger charge is 2.25. The molecule has 34 heavy (non-hydrogen) atoms. The monoisotopic (exact) mass is 467 g/mol. The van der Waals surface area contributed by atoms with Crippen LogP contribution in [0.4, 0.5) is 11.5 Å². The van der Waals surface area contributed by atoms with Gasteiger partial charge in [-0.3, -0.25) is 28.8 Å². The van der Waals surface area contributed by atoms with E-state index in [4.69, 9.17) is 10.2 Å². The Morgan fingerprint density at radius 1 is 1.12 bits per heavy atom. The summed E-state index contributed by atoms with van der Waals surface area (Å²) in [6.45, 7) is 2.54. The van der Waals surface area contributed by atoms with Gasteiger partial charge in [0.2, 0.25) is 5.91 Å². The van der Waals surface area contributed by atoms with E-state index in [-0.39, 0.29) is 42.8 Å². The molecule has 180 valence electrons. The molecule has 2 aromatic heterocycles. The van der Waals surface area contributed by atoms with E-state index in [9.17, 15) is 19.2 Å². The van der Waals surface area contributed by atoms with Gasteiger partial charge in [0.1, 0.15) is 11.6 Å². The van der Waals surface area contributed by atoms with Gasteiger partial charge in [0.15, 0.2) is 5.69 Å². The van der Waals surface area contributed by atoms with Gasteiger partial charge in [-0.1, -0.05) is 31.5 Å². The van der Waals surface area contributed by atoms with E-state index in [1.165, 1.54) is 15.7 Å². The molecular weight excluding hydrogens is 438 g/mol. The van der Waals surface area contributed by atoms with Gasteiger partial charge in [0.25, 0.3) is 11.5 Å². The van der Waals surface area contributed by atoms with Crippen molar-refractivity contribution in [3.05, 3.63) is 80.9 Å². The SMILES string of the molecule is CCCCn1c(N)c(N(Cc2ccco2)C(=O)CCCNC(=O)c2ccccc2)c(=O)[nH]c1=O. The summed E-state index contributed by atoms with van der Waals surface area (Å²) in [5.41, 5.74) is 5.29. The minimum atomic E-state index is -0.743. The van der Waals surface area contributed by atoms with E-state index >= 15 is 0 Å². The number of anilines is 2. The zero-order valence-corrected chi connectivity index (χ0v) is 19.1. The van der Waals surface area contributed by atoms with Gasteiger partial charge in [-0.2, -0.15) is 0 Å². The van der Waals surface area contributed by atoms with Gasteiger partial charge in [0, 0.05) is 25.1 Å². The van der Waals surface area contributed by atoms with Gasteiger partial charge in [-0.15, -0.1) is 0 Å². The predicted octanol–water partition coefficient (Wildman–Crippen LogP) is 2.26. The third-order valence-electron chi connectivity index (χ3n) is 5.30. The summed E-state index contributed by atoms with van der Waals surface area (Å²) >= 11 is 0. The molecule has 0 bridgehead atoms. The number of hydrogen-bond acceptors (Lipinski definition) is 6. The molecule has 0 fully saturated rings. The molecule has 10 nitrogen and oxygen atoms in total. The summed E-state index contributed by atoms with van der Waals surface area (Å²) < 4.78 is 6.63. The topological polar surface area (TPSA) is 143 Å². The Labute approximate surface area is 196 Å². The van der Waals surface area contributed by atoms with Gasteiger partial charge < -0.3 is 15.5 Å². The highest BCUT2D eigenvalue weighted by Crippen LogP contribution is 2.21. The van der Waals surface area contributed by atoms with Gasteiger partial charge in [-0.25, -0.2) is 4.79 Å². The van der Waals surface area contributed by atoms with Crippen molar-refractivity contribution >= 4 is 23.3 Å². The summed E-state index contributed by atoms with van der Waals surface area (Å²) in [5.74, 6) is -0.234. The Kier molecular flexibility index (Phi) is 8.44. The largest absolute Gasteiger partial charge is 0.467 e. The van der Waals surface area contributed by atoms with Crippen LogP contribution in [0.1, 0.15) is 48.7 Å². The number of nitrogens with two attached hydrogens (primary N) is 1. The number of amides is 2. The number of unbranched alkanes of at least 4 members (excludes halogenated alkanes) is 1. The van der Waals surface area contributed by atoms with E-state index in [2.05, 4.69) is 10.3 Å². The fourth-order valence-corrected chi connectivity index (χ4v) is 3.49. The molecule has 0 unspecified atom stereocenters. The average Bonchev–Trinajstić information content (AvgIpc) is 3.34. The summed E-state index contributed by atoms with van der Waals surface area (Å²) in [7, 11) is 0. The smallest absolute Gasteiger partial charge is 0.330 e. The number of aromatic amines is 1. The van der Waals surface area contributed by atoms with E-state index < -0.39 is 11.2 Å². The maximum atomic E-state index is 13.2. The Balaban J connectivity index is 1.77. The zero-order valence-electron chi connectivity index (χ0n) is 19.1. The number of carbonyl (C=O) groups excluding carboxylic acids is 2. The van der Waals surface area contributed by atoms with Crippen molar-refractivity contribution in [2.45, 2.75) is 45.7 Å². The van der Waals surface area contributed by atoms with Crippen molar-refractivity contribution in [1.29, 1.82) is 0 Å². The molecule has 10 heteroatoms. The second-order valence-corrected chi connectivity index (χ2v) is 7.78. The molecule has 0 radical (unpaired) electrons. The first-order valence-electron chi connectivity index (χ1n) is 11.2. The number of nitrogens with one attached hydrogen (secondary N) is 2. The van der Waals surface area contributed by atoms with Crippen LogP contribution < -0.4 is 27.2 Å². The maximum absolute atomic E-state index is 13.2. The molecule has 0 spiro atoms. The Morgan fingerprint density at radius 2 is 1.88 bits per heavy atom. The minimum Gasteiger partial charge on any atom is -0.467 e. The normalized spacial score (nSPS) is 10.7. The van der Waals surface area contributed by atoms with E-state index in [1.54, 1.807) is 36.4 Å². The number of rotatable bonds is 11. The van der Waals surface area contributed by atoms with Crippen LogP contribution in [-0.4, -0.2) is 27.9 Å². The number of benzene rings is 1. The number of hydrogen-bond donors (Lipinski definition) is 3. The second-order valence-electron chi connectivity index (χ2n) is 7.78. The zero-order chi connectivity index (χ0) is 24.5. The van der Waals surface area contributed by atoms with Gasteiger partial charge in [-0.05, 0) is 37.1 Å². The van der Waals surface area contributed by atoms with Crippen LogP contribution in [0.2, 0.25) is 0 Å². The molecule has 3 aromatic rings. The number of H-pyrrole nitrogens is 1. The number of furan rings is 1. The lowest BCUT2D eigenvalue weighted by Crippen LogP contribution is -2.41. The summed E-state index contributed by atoms with van der Waals surface area (Å²) in [5, 5.41) is 2.77. The number of nitrogen functional groups attached to an aromatic ring is 1. The number of nitrogens with zero attached hydrogens (tertiary/aromatic N) is 2. The lowest BCUT2D eigenvalue weighted by Gasteiger charge is -2.24. The van der Waals surface area contributed by atoms with Crippen molar-refractivity contribution in [3.63, 3.8) is 0 Å².